The number of nitrogens with one attached hydrogen (secondary N) is 1. The molecule has 0 aliphatic heterocycles. The van der Waals surface area contributed by atoms with Crippen LogP contribution in [0.3, 0.4) is 0 Å². The highest BCUT2D eigenvalue weighted by Crippen LogP contribution is 2.32. The van der Waals surface area contributed by atoms with Crippen molar-refractivity contribution in [2.75, 3.05) is 5.32 Å². The summed E-state index contributed by atoms with van der Waals surface area (Å²) >= 11 is 3.28. The zero-order chi connectivity index (χ0) is 14.8. The highest BCUT2D eigenvalue weighted by Gasteiger charge is 2.35. The zero-order valence-electron chi connectivity index (χ0n) is 10.9. The van der Waals surface area contributed by atoms with Crippen molar-refractivity contribution in [3.8, 4) is 0 Å². The van der Waals surface area contributed by atoms with Gasteiger partial charge in [0, 0.05) is 15.7 Å². The number of carbonyl (C=O) groups excluding carboxylic acids is 1. The number of nitrogens with two attached hydrogens (primary N) is 1. The molecule has 2 aromatic carbocycles. The first-order valence-corrected chi connectivity index (χ1v) is 6.81. The first-order chi connectivity index (χ1) is 9.43. The average Bonchev–Trinajstić information content (AvgIpc) is 2.39. The Balaban J connectivity index is 2.47. The number of hydrogen-bond donors (Lipinski definition) is 2. The molecule has 1 unspecified atom stereocenters. The van der Waals surface area contributed by atoms with Gasteiger partial charge in [0.1, 0.15) is 11.4 Å². The number of hydrogen-bond acceptors (Lipinski definition) is 2. The molecule has 0 saturated carbocycles. The van der Waals surface area contributed by atoms with Crippen LogP contribution in [-0.4, -0.2) is 5.91 Å². The summed E-state index contributed by atoms with van der Waals surface area (Å²) < 4.78 is 13.7. The van der Waals surface area contributed by atoms with Gasteiger partial charge < -0.3 is 11.1 Å². The van der Waals surface area contributed by atoms with Crippen molar-refractivity contribution in [1.82, 2.24) is 0 Å². The first-order valence-electron chi connectivity index (χ1n) is 6.02. The molecular formula is C15H14BrFN2O. The van der Waals surface area contributed by atoms with Gasteiger partial charge in [-0.05, 0) is 31.2 Å². The lowest BCUT2D eigenvalue weighted by Crippen LogP contribution is -2.45. The Labute approximate surface area is 125 Å². The van der Waals surface area contributed by atoms with Crippen LogP contribution >= 0.6 is 15.9 Å². The number of primary amides is 1. The Kier molecular flexibility index (Phi) is 4.09. The zero-order valence-corrected chi connectivity index (χ0v) is 12.4. The maximum Gasteiger partial charge on any atom is 0.247 e. The average molecular weight is 337 g/mol. The third kappa shape index (κ3) is 2.82. The standard InChI is InChI=1S/C15H14BrFN2O/c1-15(14(18)20,19-11-5-3-2-4-6-11)12-8-7-10(17)9-13(12)16/h2-9,19H,1H3,(H2,18,20). The van der Waals surface area contributed by atoms with E-state index in [-0.39, 0.29) is 5.82 Å². The van der Waals surface area contributed by atoms with Crippen LogP contribution in [0, 0.1) is 5.82 Å². The summed E-state index contributed by atoms with van der Waals surface area (Å²) in [6.45, 7) is 1.67. The van der Waals surface area contributed by atoms with E-state index in [2.05, 4.69) is 21.2 Å². The molecule has 2 aromatic rings. The summed E-state index contributed by atoms with van der Waals surface area (Å²) in [4.78, 5) is 11.9. The van der Waals surface area contributed by atoms with Gasteiger partial charge in [0.05, 0.1) is 0 Å². The second kappa shape index (κ2) is 5.63. The Morgan fingerprint density at radius 2 is 1.90 bits per heavy atom. The van der Waals surface area contributed by atoms with Crippen molar-refractivity contribution in [2.24, 2.45) is 5.73 Å². The molecule has 2 rings (SSSR count). The number of para-hydroxylation sites is 1. The van der Waals surface area contributed by atoms with Gasteiger partial charge in [0.2, 0.25) is 5.91 Å². The molecule has 3 N–H and O–H groups in total. The van der Waals surface area contributed by atoms with Crippen molar-refractivity contribution < 1.29 is 9.18 Å². The van der Waals surface area contributed by atoms with Gasteiger partial charge in [-0.25, -0.2) is 4.39 Å². The predicted octanol–water partition coefficient (Wildman–Crippen LogP) is 3.40. The van der Waals surface area contributed by atoms with Crippen LogP contribution in [0.1, 0.15) is 12.5 Å². The molecule has 104 valence electrons. The van der Waals surface area contributed by atoms with Gasteiger partial charge in [-0.15, -0.1) is 0 Å². The summed E-state index contributed by atoms with van der Waals surface area (Å²) in [6, 6.07) is 13.4. The molecule has 5 heteroatoms. The first kappa shape index (κ1) is 14.5. The van der Waals surface area contributed by atoms with Crippen LogP contribution in [0.2, 0.25) is 0 Å². The molecule has 0 aliphatic carbocycles. The Hall–Kier alpha value is -1.88. The summed E-state index contributed by atoms with van der Waals surface area (Å²) in [5.74, 6) is -0.930. The van der Waals surface area contributed by atoms with Crippen LogP contribution in [0.5, 0.6) is 0 Å². The number of benzene rings is 2. The summed E-state index contributed by atoms with van der Waals surface area (Å²) in [7, 11) is 0. The van der Waals surface area contributed by atoms with Crippen molar-refractivity contribution >= 4 is 27.5 Å². The maximum absolute atomic E-state index is 13.2. The molecular weight excluding hydrogens is 323 g/mol. The Morgan fingerprint density at radius 1 is 1.25 bits per heavy atom. The molecule has 0 aliphatic rings. The fourth-order valence-corrected chi connectivity index (χ4v) is 2.71. The minimum Gasteiger partial charge on any atom is -0.368 e. The third-order valence-electron chi connectivity index (χ3n) is 3.13. The quantitative estimate of drug-likeness (QED) is 0.898. The van der Waals surface area contributed by atoms with Crippen LogP contribution in [0.15, 0.2) is 53.0 Å². The van der Waals surface area contributed by atoms with E-state index in [4.69, 9.17) is 5.73 Å². The van der Waals surface area contributed by atoms with Gasteiger partial charge in [-0.3, -0.25) is 4.79 Å². The monoisotopic (exact) mass is 336 g/mol. The van der Waals surface area contributed by atoms with E-state index >= 15 is 0 Å². The van der Waals surface area contributed by atoms with E-state index in [0.717, 1.165) is 5.69 Å². The highest BCUT2D eigenvalue weighted by atomic mass is 79.9. The molecule has 0 aromatic heterocycles. The molecule has 20 heavy (non-hydrogen) atoms. The lowest BCUT2D eigenvalue weighted by atomic mass is 9.90. The molecule has 1 atom stereocenters. The summed E-state index contributed by atoms with van der Waals surface area (Å²) in [5, 5.41) is 3.10. The summed E-state index contributed by atoms with van der Waals surface area (Å²) in [6.07, 6.45) is 0. The van der Waals surface area contributed by atoms with Crippen LogP contribution in [0.4, 0.5) is 10.1 Å². The topological polar surface area (TPSA) is 55.1 Å². The second-order valence-electron chi connectivity index (χ2n) is 4.60. The molecule has 0 radical (unpaired) electrons. The van der Waals surface area contributed by atoms with Crippen molar-refractivity contribution in [2.45, 2.75) is 12.5 Å². The fourth-order valence-electron chi connectivity index (χ4n) is 1.97. The van der Waals surface area contributed by atoms with Crippen LogP contribution in [0.25, 0.3) is 0 Å². The Morgan fingerprint density at radius 3 is 2.45 bits per heavy atom. The predicted molar refractivity (Wildman–Crippen MR) is 80.7 cm³/mol. The molecule has 1 amide bonds. The van der Waals surface area contributed by atoms with E-state index in [1.165, 1.54) is 12.1 Å². The van der Waals surface area contributed by atoms with Crippen molar-refractivity contribution in [3.63, 3.8) is 0 Å². The number of rotatable bonds is 4. The van der Waals surface area contributed by atoms with Crippen molar-refractivity contribution in [1.29, 1.82) is 0 Å². The number of halogens is 2. The van der Waals surface area contributed by atoms with E-state index in [1.807, 2.05) is 30.3 Å². The molecule has 0 saturated heterocycles. The Bertz CT molecular complexity index is 633. The molecule has 0 bridgehead atoms. The smallest absolute Gasteiger partial charge is 0.247 e. The second-order valence-corrected chi connectivity index (χ2v) is 5.46. The maximum atomic E-state index is 13.2. The van der Waals surface area contributed by atoms with Gasteiger partial charge in [0.25, 0.3) is 0 Å². The van der Waals surface area contributed by atoms with Crippen molar-refractivity contribution in [3.05, 3.63) is 64.4 Å². The SMILES string of the molecule is CC(Nc1ccccc1)(C(N)=O)c1ccc(F)cc1Br. The number of amides is 1. The normalized spacial score (nSPS) is 13.6. The van der Waals surface area contributed by atoms with Gasteiger partial charge >= 0.3 is 0 Å². The molecule has 0 fully saturated rings. The fraction of sp³-hybridized carbons (Fsp3) is 0.133. The molecule has 0 heterocycles. The van der Waals surface area contributed by atoms with Crippen LogP contribution < -0.4 is 11.1 Å². The highest BCUT2D eigenvalue weighted by molar-refractivity contribution is 9.10. The lowest BCUT2D eigenvalue weighted by Gasteiger charge is -2.30. The van der Waals surface area contributed by atoms with Gasteiger partial charge in [-0.1, -0.05) is 40.2 Å². The third-order valence-corrected chi connectivity index (χ3v) is 3.79. The van der Waals surface area contributed by atoms with Gasteiger partial charge in [0.15, 0.2) is 0 Å². The summed E-state index contributed by atoms with van der Waals surface area (Å²) in [5.41, 5.74) is 5.73. The minimum absolute atomic E-state index is 0.382. The number of carbonyl (C=O) groups is 1. The molecule has 0 spiro atoms. The van der Waals surface area contributed by atoms with E-state index in [9.17, 15) is 9.18 Å². The lowest BCUT2D eigenvalue weighted by molar-refractivity contribution is -0.122. The number of anilines is 1. The largest absolute Gasteiger partial charge is 0.368 e. The van der Waals surface area contributed by atoms with E-state index in [1.54, 1.807) is 13.0 Å². The van der Waals surface area contributed by atoms with Crippen LogP contribution in [-0.2, 0) is 10.3 Å². The van der Waals surface area contributed by atoms with E-state index < -0.39 is 11.4 Å². The van der Waals surface area contributed by atoms with E-state index in [0.29, 0.717) is 10.0 Å². The molecule has 3 nitrogen and oxygen atoms in total. The minimum atomic E-state index is -1.14. The van der Waals surface area contributed by atoms with Gasteiger partial charge in [-0.2, -0.15) is 0 Å².